The van der Waals surface area contributed by atoms with Crippen molar-refractivity contribution in [2.24, 2.45) is 0 Å². The van der Waals surface area contributed by atoms with E-state index in [0.717, 1.165) is 16.8 Å². The average molecular weight is 277 g/mol. The molecule has 0 aliphatic carbocycles. The Kier molecular flexibility index (Phi) is 2.67. The van der Waals surface area contributed by atoms with Crippen molar-refractivity contribution in [1.29, 1.82) is 0 Å². The SMILES string of the molecule is O=C1NCC(c2c[nH]c3ccccc23)N1c1ccccc1. The molecule has 0 saturated carbocycles. The Morgan fingerprint density at radius 3 is 2.62 bits per heavy atom. The first-order valence-corrected chi connectivity index (χ1v) is 7.03. The monoisotopic (exact) mass is 277 g/mol. The van der Waals surface area contributed by atoms with Gasteiger partial charge in [-0.3, -0.25) is 4.90 Å². The van der Waals surface area contributed by atoms with E-state index in [4.69, 9.17) is 0 Å². The van der Waals surface area contributed by atoms with Crippen molar-refractivity contribution in [3.63, 3.8) is 0 Å². The normalized spacial score (nSPS) is 18.2. The molecule has 1 aromatic heterocycles. The minimum absolute atomic E-state index is 0.0102. The molecule has 2 aromatic carbocycles. The highest BCUT2D eigenvalue weighted by atomic mass is 16.2. The molecule has 1 aliphatic heterocycles. The van der Waals surface area contributed by atoms with Gasteiger partial charge in [0.15, 0.2) is 0 Å². The summed E-state index contributed by atoms with van der Waals surface area (Å²) in [5, 5.41) is 4.11. The molecule has 1 fully saturated rings. The Bertz CT molecular complexity index is 794. The van der Waals surface area contributed by atoms with E-state index < -0.39 is 0 Å². The number of fused-ring (bicyclic) bond motifs is 1. The topological polar surface area (TPSA) is 48.1 Å². The summed E-state index contributed by atoms with van der Waals surface area (Å²) >= 11 is 0. The van der Waals surface area contributed by atoms with Crippen molar-refractivity contribution in [1.82, 2.24) is 10.3 Å². The fraction of sp³-hybridized carbons (Fsp3) is 0.118. The van der Waals surface area contributed by atoms with Crippen LogP contribution in [0.5, 0.6) is 0 Å². The van der Waals surface area contributed by atoms with E-state index in [-0.39, 0.29) is 12.1 Å². The third kappa shape index (κ3) is 1.88. The van der Waals surface area contributed by atoms with E-state index >= 15 is 0 Å². The van der Waals surface area contributed by atoms with Gasteiger partial charge >= 0.3 is 6.03 Å². The number of nitrogens with zero attached hydrogens (tertiary/aromatic N) is 1. The standard InChI is InChI=1S/C17H15N3O/c21-17-19-11-16(20(17)12-6-2-1-3-7-12)14-10-18-15-9-5-4-8-13(14)15/h1-10,16,18H,11H2,(H,19,21). The van der Waals surface area contributed by atoms with E-state index in [0.29, 0.717) is 6.54 Å². The van der Waals surface area contributed by atoms with Crippen LogP contribution >= 0.6 is 0 Å². The molecular formula is C17H15N3O. The van der Waals surface area contributed by atoms with Gasteiger partial charge in [-0.15, -0.1) is 0 Å². The number of aromatic nitrogens is 1. The van der Waals surface area contributed by atoms with Crippen molar-refractivity contribution in [2.45, 2.75) is 6.04 Å². The lowest BCUT2D eigenvalue weighted by molar-refractivity contribution is 0.251. The Balaban J connectivity index is 1.82. The van der Waals surface area contributed by atoms with Crippen LogP contribution in [0.1, 0.15) is 11.6 Å². The summed E-state index contributed by atoms with van der Waals surface area (Å²) in [5.41, 5.74) is 3.16. The Morgan fingerprint density at radius 2 is 1.76 bits per heavy atom. The molecule has 4 nitrogen and oxygen atoms in total. The van der Waals surface area contributed by atoms with Crippen LogP contribution in [0.4, 0.5) is 10.5 Å². The Morgan fingerprint density at radius 1 is 1.00 bits per heavy atom. The molecule has 1 saturated heterocycles. The smallest absolute Gasteiger partial charge is 0.322 e. The zero-order valence-corrected chi connectivity index (χ0v) is 11.4. The van der Waals surface area contributed by atoms with Crippen LogP contribution in [0.15, 0.2) is 60.8 Å². The van der Waals surface area contributed by atoms with Crippen LogP contribution < -0.4 is 10.2 Å². The highest BCUT2D eigenvalue weighted by Gasteiger charge is 2.34. The van der Waals surface area contributed by atoms with Crippen molar-refractivity contribution in [2.75, 3.05) is 11.4 Å². The molecule has 3 aromatic rings. The number of urea groups is 1. The average Bonchev–Trinajstić information content (AvgIpc) is 3.11. The molecule has 0 spiro atoms. The summed E-state index contributed by atoms with van der Waals surface area (Å²) < 4.78 is 0. The maximum Gasteiger partial charge on any atom is 0.322 e. The van der Waals surface area contributed by atoms with Gasteiger partial charge in [-0.2, -0.15) is 0 Å². The number of carbonyl (C=O) groups is 1. The van der Waals surface area contributed by atoms with Crippen molar-refractivity contribution >= 4 is 22.6 Å². The number of carbonyl (C=O) groups excluding carboxylic acids is 1. The number of para-hydroxylation sites is 2. The highest BCUT2D eigenvalue weighted by molar-refractivity contribution is 5.96. The maximum absolute atomic E-state index is 12.2. The molecule has 21 heavy (non-hydrogen) atoms. The molecule has 1 unspecified atom stereocenters. The first kappa shape index (κ1) is 12.0. The van der Waals surface area contributed by atoms with Gasteiger partial charge in [0.2, 0.25) is 0 Å². The van der Waals surface area contributed by atoms with Gasteiger partial charge in [0, 0.05) is 34.9 Å². The quantitative estimate of drug-likeness (QED) is 0.740. The fourth-order valence-electron chi connectivity index (χ4n) is 3.01. The molecule has 0 bridgehead atoms. The number of H-pyrrole nitrogens is 1. The second-order valence-corrected chi connectivity index (χ2v) is 5.20. The number of amides is 2. The van der Waals surface area contributed by atoms with Gasteiger partial charge in [-0.1, -0.05) is 36.4 Å². The molecule has 0 radical (unpaired) electrons. The number of benzene rings is 2. The second kappa shape index (κ2) is 4.66. The first-order chi connectivity index (χ1) is 10.3. The lowest BCUT2D eigenvalue weighted by Crippen LogP contribution is -2.29. The van der Waals surface area contributed by atoms with Gasteiger partial charge < -0.3 is 10.3 Å². The number of aromatic amines is 1. The van der Waals surface area contributed by atoms with Gasteiger partial charge in [-0.05, 0) is 18.2 Å². The Hall–Kier alpha value is -2.75. The molecule has 2 N–H and O–H groups in total. The third-order valence-electron chi connectivity index (χ3n) is 3.99. The lowest BCUT2D eigenvalue weighted by Gasteiger charge is -2.23. The lowest BCUT2D eigenvalue weighted by atomic mass is 10.0. The first-order valence-electron chi connectivity index (χ1n) is 7.03. The largest absolute Gasteiger partial charge is 0.361 e. The summed E-state index contributed by atoms with van der Waals surface area (Å²) in [5.74, 6) is 0. The van der Waals surface area contributed by atoms with E-state index in [1.54, 1.807) is 0 Å². The highest BCUT2D eigenvalue weighted by Crippen LogP contribution is 2.34. The van der Waals surface area contributed by atoms with Crippen LogP contribution in [-0.4, -0.2) is 17.6 Å². The van der Waals surface area contributed by atoms with E-state index in [2.05, 4.69) is 22.4 Å². The molecule has 2 amide bonds. The number of hydrogen-bond donors (Lipinski definition) is 2. The Labute approximate surface area is 122 Å². The summed E-state index contributed by atoms with van der Waals surface area (Å²) in [6, 6.07) is 17.9. The van der Waals surface area contributed by atoms with Crippen molar-refractivity contribution in [3.05, 3.63) is 66.4 Å². The number of nitrogens with one attached hydrogen (secondary N) is 2. The van der Waals surface area contributed by atoms with Crippen LogP contribution in [-0.2, 0) is 0 Å². The molecule has 1 atom stereocenters. The molecule has 2 heterocycles. The summed E-state index contributed by atoms with van der Waals surface area (Å²) in [4.78, 5) is 17.3. The minimum Gasteiger partial charge on any atom is -0.361 e. The minimum atomic E-state index is -0.0449. The van der Waals surface area contributed by atoms with E-state index in [1.165, 1.54) is 5.39 Å². The van der Waals surface area contributed by atoms with Crippen LogP contribution in [0.2, 0.25) is 0 Å². The third-order valence-corrected chi connectivity index (χ3v) is 3.99. The summed E-state index contributed by atoms with van der Waals surface area (Å²) in [6.07, 6.45) is 2.01. The molecular weight excluding hydrogens is 262 g/mol. The van der Waals surface area contributed by atoms with Gasteiger partial charge in [0.25, 0.3) is 0 Å². The van der Waals surface area contributed by atoms with Crippen LogP contribution in [0.25, 0.3) is 10.9 Å². The van der Waals surface area contributed by atoms with Crippen molar-refractivity contribution in [3.8, 4) is 0 Å². The second-order valence-electron chi connectivity index (χ2n) is 5.20. The molecule has 4 rings (SSSR count). The fourth-order valence-corrected chi connectivity index (χ4v) is 3.01. The maximum atomic E-state index is 12.2. The van der Waals surface area contributed by atoms with Gasteiger partial charge in [0.05, 0.1) is 6.04 Å². The number of anilines is 1. The van der Waals surface area contributed by atoms with E-state index in [1.807, 2.05) is 53.6 Å². The number of hydrogen-bond acceptors (Lipinski definition) is 1. The molecule has 4 heteroatoms. The zero-order chi connectivity index (χ0) is 14.2. The van der Waals surface area contributed by atoms with Crippen LogP contribution in [0.3, 0.4) is 0 Å². The zero-order valence-electron chi connectivity index (χ0n) is 11.4. The summed E-state index contributed by atoms with van der Waals surface area (Å²) in [6.45, 7) is 0.621. The van der Waals surface area contributed by atoms with Crippen molar-refractivity contribution < 1.29 is 4.79 Å². The molecule has 1 aliphatic rings. The van der Waals surface area contributed by atoms with Gasteiger partial charge in [0.1, 0.15) is 0 Å². The number of rotatable bonds is 2. The molecule has 104 valence electrons. The summed E-state index contributed by atoms with van der Waals surface area (Å²) in [7, 11) is 0. The predicted octanol–water partition coefficient (Wildman–Crippen LogP) is 3.44. The van der Waals surface area contributed by atoms with Gasteiger partial charge in [-0.25, -0.2) is 4.79 Å². The van der Waals surface area contributed by atoms with Crippen LogP contribution in [0, 0.1) is 0 Å². The van der Waals surface area contributed by atoms with E-state index in [9.17, 15) is 4.79 Å². The predicted molar refractivity (Wildman–Crippen MR) is 83.4 cm³/mol.